The Morgan fingerprint density at radius 2 is 1.77 bits per heavy atom. The molecule has 172 valence electrons. The van der Waals surface area contributed by atoms with Gasteiger partial charge in [0.25, 0.3) is 0 Å². The van der Waals surface area contributed by atoms with E-state index in [1.807, 2.05) is 13.0 Å². The first kappa shape index (κ1) is 26.2. The van der Waals surface area contributed by atoms with E-state index in [9.17, 15) is 27.5 Å². The Hall–Kier alpha value is -1.02. The molecule has 1 unspecified atom stereocenters. The molecule has 1 atom stereocenters. The molecular formula is C21H26ClF3NO3PS. The quantitative estimate of drug-likeness (QED) is 0.327. The van der Waals surface area contributed by atoms with Crippen molar-refractivity contribution in [1.82, 2.24) is 0 Å². The van der Waals surface area contributed by atoms with Crippen molar-refractivity contribution < 1.29 is 27.5 Å². The maximum atomic E-state index is 12.9. The lowest BCUT2D eigenvalue weighted by Crippen LogP contribution is -2.43. The minimum Gasteiger partial charge on any atom is -0.325 e. The molecule has 0 heterocycles. The lowest BCUT2D eigenvalue weighted by Gasteiger charge is -2.29. The Morgan fingerprint density at radius 3 is 2.35 bits per heavy atom. The van der Waals surface area contributed by atoms with E-state index in [2.05, 4.69) is 0 Å². The van der Waals surface area contributed by atoms with Crippen LogP contribution in [0.1, 0.15) is 43.7 Å². The third kappa shape index (κ3) is 8.79. The highest BCUT2D eigenvalue weighted by molar-refractivity contribution is 7.99. The third-order valence-electron chi connectivity index (χ3n) is 4.81. The van der Waals surface area contributed by atoms with Gasteiger partial charge in [0.1, 0.15) is 0 Å². The monoisotopic (exact) mass is 495 g/mol. The highest BCUT2D eigenvalue weighted by Gasteiger charge is 2.32. The summed E-state index contributed by atoms with van der Waals surface area (Å²) in [5, 5.41) is 0.491. The summed E-state index contributed by atoms with van der Waals surface area (Å²) < 4.78 is 50.0. The number of hydrogen-bond acceptors (Lipinski definition) is 3. The van der Waals surface area contributed by atoms with Gasteiger partial charge in [-0.25, -0.2) is 0 Å². The van der Waals surface area contributed by atoms with E-state index in [1.54, 1.807) is 18.2 Å². The van der Waals surface area contributed by atoms with Crippen LogP contribution in [0.3, 0.4) is 0 Å². The van der Waals surface area contributed by atoms with Crippen molar-refractivity contribution in [2.24, 2.45) is 5.73 Å². The fourth-order valence-corrected chi connectivity index (χ4v) is 5.88. The van der Waals surface area contributed by atoms with Crippen molar-refractivity contribution >= 4 is 31.0 Å². The van der Waals surface area contributed by atoms with E-state index in [0.717, 1.165) is 24.1 Å². The van der Waals surface area contributed by atoms with Crippen molar-refractivity contribution in [2.75, 3.05) is 6.16 Å². The van der Waals surface area contributed by atoms with Crippen LogP contribution in [0, 0.1) is 0 Å². The highest BCUT2D eigenvalue weighted by Crippen LogP contribution is 2.41. The lowest BCUT2D eigenvalue weighted by atomic mass is 9.90. The predicted molar refractivity (Wildman–Crippen MR) is 119 cm³/mol. The van der Waals surface area contributed by atoms with E-state index in [-0.39, 0.29) is 6.16 Å². The van der Waals surface area contributed by atoms with Gasteiger partial charge in [-0.15, -0.1) is 0 Å². The molecule has 0 bridgehead atoms. The van der Waals surface area contributed by atoms with Crippen LogP contribution in [0.2, 0.25) is 5.02 Å². The molecule has 0 aliphatic heterocycles. The molecule has 31 heavy (non-hydrogen) atoms. The molecule has 2 aromatic carbocycles. The van der Waals surface area contributed by atoms with Crippen molar-refractivity contribution in [2.45, 2.75) is 60.5 Å². The van der Waals surface area contributed by atoms with Crippen LogP contribution < -0.4 is 5.73 Å². The smallest absolute Gasteiger partial charge is 0.325 e. The van der Waals surface area contributed by atoms with Gasteiger partial charge in [0.05, 0.1) is 11.7 Å². The van der Waals surface area contributed by atoms with Crippen LogP contribution in [-0.2, 0) is 17.2 Å². The molecule has 0 radical (unpaired) electrons. The topological polar surface area (TPSA) is 83.6 Å². The Labute approximate surface area is 189 Å². The van der Waals surface area contributed by atoms with Crippen LogP contribution in [0.4, 0.5) is 13.2 Å². The molecule has 0 amide bonds. The average Bonchev–Trinajstić information content (AvgIpc) is 2.62. The molecule has 0 saturated carbocycles. The van der Waals surface area contributed by atoms with Gasteiger partial charge >= 0.3 is 13.8 Å². The minimum absolute atomic E-state index is 0.353. The Morgan fingerprint density at radius 1 is 1.10 bits per heavy atom. The summed E-state index contributed by atoms with van der Waals surface area (Å²) in [6, 6.07) is 10.4. The Bertz CT molecular complexity index is 938. The van der Waals surface area contributed by atoms with Gasteiger partial charge in [-0.3, -0.25) is 4.57 Å². The van der Waals surface area contributed by atoms with Crippen LogP contribution >= 0.6 is 31.0 Å². The fraction of sp³-hybridized carbons (Fsp3) is 0.429. The molecule has 4 N–H and O–H groups in total. The van der Waals surface area contributed by atoms with Gasteiger partial charge < -0.3 is 15.5 Å². The first-order valence-corrected chi connectivity index (χ1v) is 12.8. The average molecular weight is 496 g/mol. The molecule has 10 heteroatoms. The summed E-state index contributed by atoms with van der Waals surface area (Å²) in [7, 11) is -4.22. The first-order chi connectivity index (χ1) is 14.3. The third-order valence-corrected chi connectivity index (χ3v) is 7.18. The predicted octanol–water partition coefficient (Wildman–Crippen LogP) is 6.51. The van der Waals surface area contributed by atoms with Crippen molar-refractivity contribution in [1.29, 1.82) is 0 Å². The zero-order chi connectivity index (χ0) is 23.3. The van der Waals surface area contributed by atoms with Crippen molar-refractivity contribution in [3.63, 3.8) is 0 Å². The van der Waals surface area contributed by atoms with E-state index in [0.29, 0.717) is 40.5 Å². The molecule has 0 spiro atoms. The van der Waals surface area contributed by atoms with Crippen LogP contribution in [0.5, 0.6) is 0 Å². The van der Waals surface area contributed by atoms with Crippen molar-refractivity contribution in [3.8, 4) is 0 Å². The summed E-state index contributed by atoms with van der Waals surface area (Å²) in [6.45, 7) is 1.92. The molecule has 0 aliphatic rings. The number of hydrogen-bond donors (Lipinski definition) is 3. The molecule has 2 aromatic rings. The van der Waals surface area contributed by atoms with E-state index >= 15 is 0 Å². The van der Waals surface area contributed by atoms with Crippen molar-refractivity contribution in [3.05, 3.63) is 58.6 Å². The van der Waals surface area contributed by atoms with Gasteiger partial charge in [-0.2, -0.15) is 13.2 Å². The number of benzene rings is 2. The summed E-state index contributed by atoms with van der Waals surface area (Å²) in [6.07, 6.45) is -1.88. The van der Waals surface area contributed by atoms with Gasteiger partial charge in [0.2, 0.25) is 0 Å². The Kier molecular flexibility index (Phi) is 9.08. The molecular weight excluding hydrogens is 470 g/mol. The second-order valence-electron chi connectivity index (χ2n) is 7.67. The molecule has 0 fully saturated rings. The summed E-state index contributed by atoms with van der Waals surface area (Å²) in [5.74, 6) is 0. The summed E-state index contributed by atoms with van der Waals surface area (Å²) in [5.41, 5.74) is 5.46. The largest absolute Gasteiger partial charge is 0.416 e. The number of aryl methyl sites for hydroxylation is 1. The zero-order valence-electron chi connectivity index (χ0n) is 17.0. The maximum absolute atomic E-state index is 12.9. The summed E-state index contributed by atoms with van der Waals surface area (Å²) in [4.78, 5) is 19.8. The number of rotatable bonds is 10. The standard InChI is InChI=1S/C21H26ClF3NO3PS/c1-2-10-20(26,14-30(27,28)29)11-4-5-15-8-9-18(13-19(15)22)31-17-7-3-6-16(12-17)21(23,24)25/h3,6-9,12-13H,2,4-5,10-11,14,26H2,1H3,(H2,27,28,29). The number of halogens is 4. The number of alkyl halides is 3. The number of nitrogens with two attached hydrogens (primary N) is 1. The van der Waals surface area contributed by atoms with Gasteiger partial charge in [-0.05, 0) is 61.6 Å². The van der Waals surface area contributed by atoms with Crippen LogP contribution in [-0.4, -0.2) is 21.5 Å². The first-order valence-electron chi connectivity index (χ1n) is 9.78. The second kappa shape index (κ2) is 10.7. The normalized spacial score (nSPS) is 14.5. The molecule has 0 saturated heterocycles. The minimum atomic E-state index is -4.39. The highest BCUT2D eigenvalue weighted by atomic mass is 35.5. The Balaban J connectivity index is 2.02. The second-order valence-corrected chi connectivity index (χ2v) is 10.9. The molecule has 0 aliphatic carbocycles. The maximum Gasteiger partial charge on any atom is 0.416 e. The van der Waals surface area contributed by atoms with E-state index in [1.165, 1.54) is 17.8 Å². The fourth-order valence-electron chi connectivity index (χ4n) is 3.49. The van der Waals surface area contributed by atoms with E-state index < -0.39 is 24.9 Å². The van der Waals surface area contributed by atoms with Crippen LogP contribution in [0.25, 0.3) is 0 Å². The summed E-state index contributed by atoms with van der Waals surface area (Å²) >= 11 is 7.56. The van der Waals surface area contributed by atoms with E-state index in [4.69, 9.17) is 17.3 Å². The lowest BCUT2D eigenvalue weighted by molar-refractivity contribution is -0.137. The van der Waals surface area contributed by atoms with Gasteiger partial charge in [0.15, 0.2) is 0 Å². The molecule has 2 rings (SSSR count). The van der Waals surface area contributed by atoms with Gasteiger partial charge in [-0.1, -0.05) is 48.8 Å². The van der Waals surface area contributed by atoms with Gasteiger partial charge in [0, 0.05) is 20.4 Å². The molecule has 0 aromatic heterocycles. The van der Waals surface area contributed by atoms with Crippen LogP contribution in [0.15, 0.2) is 52.3 Å². The molecule has 4 nitrogen and oxygen atoms in total. The zero-order valence-corrected chi connectivity index (χ0v) is 19.5. The SMILES string of the molecule is CCCC(N)(CCCc1ccc(Sc2cccc(C(F)(F)F)c2)cc1Cl)CP(=O)(O)O.